The molecule has 1 fully saturated rings. The molecule has 1 aromatic heterocycles. The Labute approximate surface area is 120 Å². The molecule has 0 amide bonds. The van der Waals surface area contributed by atoms with E-state index in [4.69, 9.17) is 5.11 Å². The van der Waals surface area contributed by atoms with E-state index in [9.17, 15) is 21.6 Å². The van der Waals surface area contributed by atoms with Crippen LogP contribution in [-0.2, 0) is 19.9 Å². The topological polar surface area (TPSA) is 118 Å². The number of aromatic carboxylic acids is 1. The molecular formula is C10H13NO6S3. The van der Waals surface area contributed by atoms with E-state index in [0.717, 1.165) is 17.4 Å². The van der Waals surface area contributed by atoms with Crippen molar-refractivity contribution in [1.82, 2.24) is 4.72 Å². The fourth-order valence-electron chi connectivity index (χ4n) is 1.93. The number of sulfone groups is 1. The number of carbonyl (C=O) groups is 1. The van der Waals surface area contributed by atoms with Gasteiger partial charge in [-0.1, -0.05) is 0 Å². The minimum atomic E-state index is -3.87. The van der Waals surface area contributed by atoms with E-state index in [1.807, 2.05) is 0 Å². The summed E-state index contributed by atoms with van der Waals surface area (Å²) >= 11 is 0.786. The molecule has 2 rings (SSSR count). The standard InChI is InChI=1S/C10H13NO6S3/c12-10(13)7-4-9(18-6-7)20(16,17)11-5-8-2-1-3-19(8,14)15/h4,6,8,11H,1-3,5H2,(H,12,13). The first kappa shape index (κ1) is 15.4. The van der Waals surface area contributed by atoms with Crippen LogP contribution in [0.15, 0.2) is 15.7 Å². The van der Waals surface area contributed by atoms with Crippen molar-refractivity contribution in [3.05, 3.63) is 17.0 Å². The normalized spacial score (nSPS) is 21.9. The minimum absolute atomic E-state index is 0.0849. The first-order valence-electron chi connectivity index (χ1n) is 5.75. The Morgan fingerprint density at radius 3 is 2.70 bits per heavy atom. The second kappa shape index (κ2) is 5.43. The molecular weight excluding hydrogens is 326 g/mol. The highest BCUT2D eigenvalue weighted by molar-refractivity contribution is 7.92. The third-order valence-electron chi connectivity index (χ3n) is 3.05. The largest absolute Gasteiger partial charge is 0.478 e. The molecule has 0 aromatic carbocycles. The van der Waals surface area contributed by atoms with Gasteiger partial charge in [-0.2, -0.15) is 0 Å². The number of carboxylic acids is 1. The summed E-state index contributed by atoms with van der Waals surface area (Å²) in [4.78, 5) is 10.7. The Hall–Kier alpha value is -0.970. The molecule has 1 atom stereocenters. The third kappa shape index (κ3) is 3.19. The molecule has 0 radical (unpaired) electrons. The highest BCUT2D eigenvalue weighted by Gasteiger charge is 2.32. The highest BCUT2D eigenvalue weighted by Crippen LogP contribution is 2.22. The first-order chi connectivity index (χ1) is 9.22. The molecule has 1 aliphatic rings. The van der Waals surface area contributed by atoms with Gasteiger partial charge in [0.1, 0.15) is 4.21 Å². The minimum Gasteiger partial charge on any atom is -0.478 e. The van der Waals surface area contributed by atoms with Gasteiger partial charge in [0.05, 0.1) is 16.6 Å². The zero-order valence-electron chi connectivity index (χ0n) is 10.3. The molecule has 0 spiro atoms. The first-order valence-corrected chi connectivity index (χ1v) is 9.83. The van der Waals surface area contributed by atoms with E-state index < -0.39 is 31.1 Å². The van der Waals surface area contributed by atoms with Crippen molar-refractivity contribution in [2.75, 3.05) is 12.3 Å². The van der Waals surface area contributed by atoms with E-state index >= 15 is 0 Å². The van der Waals surface area contributed by atoms with Crippen molar-refractivity contribution in [3.8, 4) is 0 Å². The second-order valence-electron chi connectivity index (χ2n) is 4.44. The lowest BCUT2D eigenvalue weighted by Gasteiger charge is -2.10. The summed E-state index contributed by atoms with van der Waals surface area (Å²) in [7, 11) is -7.09. The Morgan fingerprint density at radius 2 is 2.20 bits per heavy atom. The van der Waals surface area contributed by atoms with Gasteiger partial charge in [0.25, 0.3) is 0 Å². The molecule has 1 saturated heterocycles. The van der Waals surface area contributed by atoms with Crippen LogP contribution in [0, 0.1) is 0 Å². The zero-order valence-corrected chi connectivity index (χ0v) is 12.7. The predicted molar refractivity (Wildman–Crippen MR) is 73.3 cm³/mol. The number of hydrogen-bond donors (Lipinski definition) is 2. The van der Waals surface area contributed by atoms with E-state index in [1.165, 1.54) is 5.38 Å². The van der Waals surface area contributed by atoms with Crippen LogP contribution in [0.4, 0.5) is 0 Å². The number of nitrogens with one attached hydrogen (secondary N) is 1. The predicted octanol–water partition coefficient (Wildman–Crippen LogP) is 0.302. The molecule has 0 bridgehead atoms. The highest BCUT2D eigenvalue weighted by atomic mass is 32.2. The van der Waals surface area contributed by atoms with Gasteiger partial charge >= 0.3 is 5.97 Å². The van der Waals surface area contributed by atoms with Crippen LogP contribution in [0.1, 0.15) is 23.2 Å². The third-order valence-corrected chi connectivity index (χ3v) is 8.19. The fraction of sp³-hybridized carbons (Fsp3) is 0.500. The lowest BCUT2D eigenvalue weighted by molar-refractivity contribution is 0.0697. The summed E-state index contributed by atoms with van der Waals surface area (Å²) in [5, 5.41) is 9.27. The van der Waals surface area contributed by atoms with Crippen LogP contribution in [0.25, 0.3) is 0 Å². The zero-order chi connectivity index (χ0) is 15.0. The van der Waals surface area contributed by atoms with Gasteiger partial charge in [-0.15, -0.1) is 11.3 Å². The van der Waals surface area contributed by atoms with Crippen molar-refractivity contribution < 1.29 is 26.7 Å². The van der Waals surface area contributed by atoms with Crippen molar-refractivity contribution in [1.29, 1.82) is 0 Å². The fourth-order valence-corrected chi connectivity index (χ4v) is 6.08. The smallest absolute Gasteiger partial charge is 0.336 e. The van der Waals surface area contributed by atoms with E-state index in [1.54, 1.807) is 0 Å². The van der Waals surface area contributed by atoms with Crippen LogP contribution < -0.4 is 4.72 Å². The molecule has 1 unspecified atom stereocenters. The molecule has 1 aromatic rings. The van der Waals surface area contributed by atoms with Crippen LogP contribution in [-0.4, -0.2) is 45.5 Å². The van der Waals surface area contributed by atoms with Crippen LogP contribution >= 0.6 is 11.3 Å². The molecule has 0 saturated carbocycles. The average molecular weight is 339 g/mol. The van der Waals surface area contributed by atoms with Crippen LogP contribution in [0.2, 0.25) is 0 Å². The van der Waals surface area contributed by atoms with Gasteiger partial charge in [-0.3, -0.25) is 0 Å². The van der Waals surface area contributed by atoms with Gasteiger partial charge in [0, 0.05) is 11.9 Å². The van der Waals surface area contributed by atoms with Crippen LogP contribution in [0.3, 0.4) is 0 Å². The summed E-state index contributed by atoms with van der Waals surface area (Å²) < 4.78 is 49.2. The van der Waals surface area contributed by atoms with Crippen molar-refractivity contribution >= 4 is 37.2 Å². The molecule has 112 valence electrons. The lowest BCUT2D eigenvalue weighted by Crippen LogP contribution is -2.34. The van der Waals surface area contributed by atoms with Crippen molar-refractivity contribution in [2.45, 2.75) is 22.3 Å². The maximum atomic E-state index is 11.9. The molecule has 2 N–H and O–H groups in total. The monoisotopic (exact) mass is 339 g/mol. The Balaban J connectivity index is 2.09. The molecule has 20 heavy (non-hydrogen) atoms. The summed E-state index contributed by atoms with van der Waals surface area (Å²) in [6, 6.07) is 1.05. The summed E-state index contributed by atoms with van der Waals surface area (Å²) in [5.74, 6) is -1.12. The molecule has 10 heteroatoms. The van der Waals surface area contributed by atoms with Gasteiger partial charge < -0.3 is 5.11 Å². The number of rotatable bonds is 5. The maximum absolute atomic E-state index is 11.9. The number of sulfonamides is 1. The quantitative estimate of drug-likeness (QED) is 0.797. The van der Waals surface area contributed by atoms with Crippen LogP contribution in [0.5, 0.6) is 0 Å². The Kier molecular flexibility index (Phi) is 4.19. The van der Waals surface area contributed by atoms with Gasteiger partial charge in [0.2, 0.25) is 10.0 Å². The molecule has 1 aliphatic heterocycles. The number of hydrogen-bond acceptors (Lipinski definition) is 6. The van der Waals surface area contributed by atoms with E-state index in [2.05, 4.69) is 4.72 Å². The molecule has 7 nitrogen and oxygen atoms in total. The van der Waals surface area contributed by atoms with Gasteiger partial charge in [-0.05, 0) is 18.9 Å². The summed E-state index contributed by atoms with van der Waals surface area (Å²) in [5.41, 5.74) is -0.108. The van der Waals surface area contributed by atoms with Gasteiger partial charge in [-0.25, -0.2) is 26.4 Å². The van der Waals surface area contributed by atoms with E-state index in [-0.39, 0.29) is 22.1 Å². The number of carboxylic acid groups (broad SMARTS) is 1. The summed E-state index contributed by atoms with van der Waals surface area (Å²) in [6.45, 7) is -0.176. The van der Waals surface area contributed by atoms with E-state index in [0.29, 0.717) is 12.8 Å². The Morgan fingerprint density at radius 1 is 1.50 bits per heavy atom. The SMILES string of the molecule is O=C(O)c1csc(S(=O)(=O)NCC2CCCS2(=O)=O)c1. The Bertz CT molecular complexity index is 718. The van der Waals surface area contributed by atoms with Crippen molar-refractivity contribution in [3.63, 3.8) is 0 Å². The summed E-state index contributed by atoms with van der Waals surface area (Å²) in [6.07, 6.45) is 0.979. The van der Waals surface area contributed by atoms with Crippen molar-refractivity contribution in [2.24, 2.45) is 0 Å². The maximum Gasteiger partial charge on any atom is 0.336 e. The lowest BCUT2D eigenvalue weighted by atomic mass is 10.2. The molecule has 0 aliphatic carbocycles. The molecule has 2 heterocycles. The number of thiophene rings is 1. The second-order valence-corrected chi connectivity index (χ2v) is 9.75. The average Bonchev–Trinajstić information content (AvgIpc) is 2.93. The van der Waals surface area contributed by atoms with Gasteiger partial charge in [0.15, 0.2) is 9.84 Å².